The van der Waals surface area contributed by atoms with Crippen LogP contribution in [0, 0.1) is 0 Å². The monoisotopic (exact) mass is 223 g/mol. The summed E-state index contributed by atoms with van der Waals surface area (Å²) in [5, 5.41) is 5.88. The minimum atomic E-state index is 0.709. The van der Waals surface area contributed by atoms with Crippen LogP contribution in [0.15, 0.2) is 54.9 Å². The Morgan fingerprint density at radius 3 is 2.82 bits per heavy atom. The smallest absolute Gasteiger partial charge is 0.125 e. The molecule has 2 aromatic carbocycles. The highest BCUT2D eigenvalue weighted by molar-refractivity contribution is 5.93. The fourth-order valence-electron chi connectivity index (χ4n) is 1.95. The number of aromatic nitrogens is 2. The summed E-state index contributed by atoms with van der Waals surface area (Å²) in [5.41, 5.74) is 1.14. The summed E-state index contributed by atoms with van der Waals surface area (Å²) >= 11 is 0. The minimum absolute atomic E-state index is 0.709. The molecular weight excluding hydrogens is 210 g/mol. The van der Waals surface area contributed by atoms with Crippen LogP contribution in [-0.2, 0) is 6.54 Å². The Labute approximate surface area is 99.5 Å². The molecule has 3 nitrogen and oxygen atoms in total. The number of rotatable bonds is 3. The van der Waals surface area contributed by atoms with Crippen LogP contribution in [0.4, 0.5) is 5.69 Å². The van der Waals surface area contributed by atoms with Gasteiger partial charge in [0.25, 0.3) is 0 Å². The van der Waals surface area contributed by atoms with Crippen molar-refractivity contribution in [1.82, 2.24) is 9.97 Å². The molecule has 1 heterocycles. The first kappa shape index (κ1) is 9.90. The molecule has 1 aromatic heterocycles. The van der Waals surface area contributed by atoms with E-state index in [-0.39, 0.29) is 0 Å². The zero-order valence-corrected chi connectivity index (χ0v) is 9.35. The Morgan fingerprint density at radius 2 is 1.94 bits per heavy atom. The van der Waals surface area contributed by atoms with Crippen LogP contribution in [0.25, 0.3) is 10.8 Å². The van der Waals surface area contributed by atoms with E-state index in [0.29, 0.717) is 6.54 Å². The second-order valence-electron chi connectivity index (χ2n) is 3.92. The minimum Gasteiger partial charge on any atom is -0.377 e. The topological polar surface area (TPSA) is 40.7 Å². The normalized spacial score (nSPS) is 10.6. The van der Waals surface area contributed by atoms with Gasteiger partial charge in [-0.1, -0.05) is 36.4 Å². The molecule has 2 N–H and O–H groups in total. The summed E-state index contributed by atoms with van der Waals surface area (Å²) in [6, 6.07) is 14.6. The molecule has 0 radical (unpaired) electrons. The van der Waals surface area contributed by atoms with Crippen molar-refractivity contribution in [3.63, 3.8) is 0 Å². The number of hydrogen-bond donors (Lipinski definition) is 2. The van der Waals surface area contributed by atoms with Gasteiger partial charge in [0.1, 0.15) is 5.82 Å². The second-order valence-corrected chi connectivity index (χ2v) is 3.92. The van der Waals surface area contributed by atoms with Crippen molar-refractivity contribution in [2.75, 3.05) is 5.32 Å². The van der Waals surface area contributed by atoms with Gasteiger partial charge in [-0.3, -0.25) is 0 Å². The van der Waals surface area contributed by atoms with Crippen molar-refractivity contribution in [3.8, 4) is 0 Å². The third-order valence-electron chi connectivity index (χ3n) is 2.79. The Kier molecular flexibility index (Phi) is 2.50. The number of benzene rings is 2. The van der Waals surface area contributed by atoms with Gasteiger partial charge in [-0.25, -0.2) is 4.98 Å². The quantitative estimate of drug-likeness (QED) is 0.716. The lowest BCUT2D eigenvalue weighted by molar-refractivity contribution is 1.00. The number of H-pyrrole nitrogens is 1. The van der Waals surface area contributed by atoms with Crippen molar-refractivity contribution in [2.45, 2.75) is 6.54 Å². The summed E-state index contributed by atoms with van der Waals surface area (Å²) in [6.07, 6.45) is 3.60. The van der Waals surface area contributed by atoms with Gasteiger partial charge in [0.05, 0.1) is 6.54 Å². The Bertz CT molecular complexity index is 609. The number of fused-ring (bicyclic) bond motifs is 1. The Balaban J connectivity index is 1.90. The zero-order chi connectivity index (χ0) is 11.5. The molecule has 0 saturated carbocycles. The maximum atomic E-state index is 4.19. The predicted octanol–water partition coefficient (Wildman–Crippen LogP) is 3.18. The van der Waals surface area contributed by atoms with Crippen LogP contribution in [0.2, 0.25) is 0 Å². The highest BCUT2D eigenvalue weighted by Crippen LogP contribution is 2.23. The van der Waals surface area contributed by atoms with Crippen LogP contribution in [0.1, 0.15) is 5.82 Å². The maximum absolute atomic E-state index is 4.19. The number of anilines is 1. The van der Waals surface area contributed by atoms with Gasteiger partial charge < -0.3 is 10.3 Å². The fraction of sp³-hybridized carbons (Fsp3) is 0.0714. The van der Waals surface area contributed by atoms with E-state index in [0.717, 1.165) is 11.5 Å². The van der Waals surface area contributed by atoms with Gasteiger partial charge in [0.15, 0.2) is 0 Å². The van der Waals surface area contributed by atoms with Crippen LogP contribution >= 0.6 is 0 Å². The summed E-state index contributed by atoms with van der Waals surface area (Å²) in [7, 11) is 0. The van der Waals surface area contributed by atoms with E-state index in [9.17, 15) is 0 Å². The number of nitrogens with zero attached hydrogens (tertiary/aromatic N) is 1. The van der Waals surface area contributed by atoms with Crippen LogP contribution in [-0.4, -0.2) is 9.97 Å². The first-order chi connectivity index (χ1) is 8.43. The van der Waals surface area contributed by atoms with Gasteiger partial charge in [-0.05, 0) is 11.5 Å². The van der Waals surface area contributed by atoms with Gasteiger partial charge in [-0.2, -0.15) is 0 Å². The molecule has 0 aliphatic heterocycles. The number of aromatic amines is 1. The van der Waals surface area contributed by atoms with Crippen LogP contribution in [0.5, 0.6) is 0 Å². The van der Waals surface area contributed by atoms with E-state index in [2.05, 4.69) is 57.7 Å². The van der Waals surface area contributed by atoms with Crippen molar-refractivity contribution < 1.29 is 0 Å². The predicted molar refractivity (Wildman–Crippen MR) is 69.9 cm³/mol. The van der Waals surface area contributed by atoms with E-state index in [1.807, 2.05) is 6.20 Å². The number of hydrogen-bond acceptors (Lipinski definition) is 2. The van der Waals surface area contributed by atoms with Crippen LogP contribution in [0.3, 0.4) is 0 Å². The average molecular weight is 223 g/mol. The summed E-state index contributed by atoms with van der Waals surface area (Å²) in [6.45, 7) is 0.709. The van der Waals surface area contributed by atoms with Crippen molar-refractivity contribution in [1.29, 1.82) is 0 Å². The zero-order valence-electron chi connectivity index (χ0n) is 9.35. The molecule has 0 aliphatic carbocycles. The molecule has 3 rings (SSSR count). The average Bonchev–Trinajstić information content (AvgIpc) is 2.89. The lowest BCUT2D eigenvalue weighted by atomic mass is 10.1. The van der Waals surface area contributed by atoms with Gasteiger partial charge in [-0.15, -0.1) is 0 Å². The Hall–Kier alpha value is -2.29. The SMILES string of the molecule is c1ccc2c(NCc3ncc[nH]3)cccc2c1. The molecule has 0 amide bonds. The molecule has 17 heavy (non-hydrogen) atoms. The molecule has 0 fully saturated rings. The van der Waals surface area contributed by atoms with Gasteiger partial charge in [0, 0.05) is 23.5 Å². The summed E-state index contributed by atoms with van der Waals surface area (Å²) in [5.74, 6) is 0.943. The molecule has 0 saturated heterocycles. The highest BCUT2D eigenvalue weighted by atomic mass is 15.0. The molecule has 3 aromatic rings. The number of imidazole rings is 1. The molecule has 0 atom stereocenters. The molecule has 0 aliphatic rings. The standard InChI is InChI=1S/C14H13N3/c1-2-6-12-11(4-1)5-3-7-13(12)17-10-14-15-8-9-16-14/h1-9,17H,10H2,(H,15,16). The highest BCUT2D eigenvalue weighted by Gasteiger charge is 2.00. The molecule has 84 valence electrons. The summed E-state index contributed by atoms with van der Waals surface area (Å²) < 4.78 is 0. The second kappa shape index (κ2) is 4.29. The molecule has 0 spiro atoms. The lowest BCUT2D eigenvalue weighted by Gasteiger charge is -2.08. The lowest BCUT2D eigenvalue weighted by Crippen LogP contribution is -2.01. The third kappa shape index (κ3) is 1.99. The maximum Gasteiger partial charge on any atom is 0.125 e. The van der Waals surface area contributed by atoms with E-state index in [4.69, 9.17) is 0 Å². The van der Waals surface area contributed by atoms with Crippen molar-refractivity contribution >= 4 is 16.5 Å². The Morgan fingerprint density at radius 1 is 1.06 bits per heavy atom. The molecule has 0 bridgehead atoms. The van der Waals surface area contributed by atoms with E-state index in [1.54, 1.807) is 6.20 Å². The molecule has 3 heteroatoms. The first-order valence-corrected chi connectivity index (χ1v) is 5.63. The largest absolute Gasteiger partial charge is 0.377 e. The number of nitrogens with one attached hydrogen (secondary N) is 2. The van der Waals surface area contributed by atoms with Crippen molar-refractivity contribution in [2.24, 2.45) is 0 Å². The molecule has 0 unspecified atom stereocenters. The van der Waals surface area contributed by atoms with E-state index >= 15 is 0 Å². The van der Waals surface area contributed by atoms with E-state index in [1.165, 1.54) is 10.8 Å². The molecular formula is C14H13N3. The fourth-order valence-corrected chi connectivity index (χ4v) is 1.95. The van der Waals surface area contributed by atoms with Gasteiger partial charge >= 0.3 is 0 Å². The van der Waals surface area contributed by atoms with Crippen LogP contribution < -0.4 is 5.32 Å². The van der Waals surface area contributed by atoms with E-state index < -0.39 is 0 Å². The van der Waals surface area contributed by atoms with Crippen molar-refractivity contribution in [3.05, 3.63) is 60.7 Å². The third-order valence-corrected chi connectivity index (χ3v) is 2.79. The van der Waals surface area contributed by atoms with Gasteiger partial charge in [0.2, 0.25) is 0 Å². The first-order valence-electron chi connectivity index (χ1n) is 5.63. The summed E-state index contributed by atoms with van der Waals surface area (Å²) in [4.78, 5) is 7.28.